The molecule has 0 unspecified atom stereocenters. The number of carbonyl (C=O) groups is 1. The number of amides is 1. The Hall–Kier alpha value is -3.07. The van der Waals surface area contributed by atoms with Gasteiger partial charge in [0.15, 0.2) is 11.5 Å². The van der Waals surface area contributed by atoms with Crippen molar-refractivity contribution in [2.75, 3.05) is 33.3 Å². The molecule has 0 saturated carbocycles. The molecule has 0 aliphatic carbocycles. The quantitative estimate of drug-likeness (QED) is 0.470. The van der Waals surface area contributed by atoms with Crippen molar-refractivity contribution in [3.8, 4) is 17.2 Å². The SMILES string of the molecule is COc1ccc(/C=C\c2cc(CO)c(OC)c(OC)c2)cc1NC(=O)[C@@H](N)CO. The van der Waals surface area contributed by atoms with Gasteiger partial charge in [-0.15, -0.1) is 0 Å². The zero-order chi connectivity index (χ0) is 21.4. The molecule has 0 radical (unpaired) electrons. The Kier molecular flexibility index (Phi) is 8.02. The van der Waals surface area contributed by atoms with E-state index in [1.54, 1.807) is 24.3 Å². The fraction of sp³-hybridized carbons (Fsp3) is 0.286. The monoisotopic (exact) mass is 402 g/mol. The second-order valence-corrected chi connectivity index (χ2v) is 6.15. The average molecular weight is 402 g/mol. The molecule has 0 aromatic heterocycles. The maximum atomic E-state index is 12.0. The number of benzene rings is 2. The second-order valence-electron chi connectivity index (χ2n) is 6.15. The van der Waals surface area contributed by atoms with Crippen LogP contribution in [0.3, 0.4) is 0 Å². The lowest BCUT2D eigenvalue weighted by Gasteiger charge is -2.14. The number of nitrogens with one attached hydrogen (secondary N) is 1. The van der Waals surface area contributed by atoms with Crippen LogP contribution in [0.15, 0.2) is 30.3 Å². The Morgan fingerprint density at radius 3 is 2.31 bits per heavy atom. The first-order valence-corrected chi connectivity index (χ1v) is 8.86. The summed E-state index contributed by atoms with van der Waals surface area (Å²) in [5.41, 5.74) is 8.18. The fourth-order valence-electron chi connectivity index (χ4n) is 2.71. The third-order valence-electron chi connectivity index (χ3n) is 4.23. The van der Waals surface area contributed by atoms with Crippen molar-refractivity contribution in [3.63, 3.8) is 0 Å². The maximum absolute atomic E-state index is 12.0. The third kappa shape index (κ3) is 5.47. The van der Waals surface area contributed by atoms with Gasteiger partial charge in [-0.2, -0.15) is 0 Å². The molecular weight excluding hydrogens is 376 g/mol. The van der Waals surface area contributed by atoms with Gasteiger partial charge in [0.05, 0.1) is 40.2 Å². The molecule has 2 aromatic rings. The van der Waals surface area contributed by atoms with Crippen molar-refractivity contribution in [2.24, 2.45) is 5.73 Å². The van der Waals surface area contributed by atoms with E-state index >= 15 is 0 Å². The van der Waals surface area contributed by atoms with Crippen molar-refractivity contribution >= 4 is 23.7 Å². The van der Waals surface area contributed by atoms with Gasteiger partial charge in [0, 0.05) is 5.56 Å². The minimum absolute atomic E-state index is 0.189. The molecule has 0 spiro atoms. The largest absolute Gasteiger partial charge is 0.495 e. The molecule has 0 aliphatic rings. The average Bonchev–Trinajstić information content (AvgIpc) is 2.76. The number of carbonyl (C=O) groups excluding carboxylic acids is 1. The lowest BCUT2D eigenvalue weighted by molar-refractivity contribution is -0.118. The topological polar surface area (TPSA) is 123 Å². The summed E-state index contributed by atoms with van der Waals surface area (Å²) >= 11 is 0. The van der Waals surface area contributed by atoms with E-state index in [2.05, 4.69) is 5.32 Å². The van der Waals surface area contributed by atoms with Gasteiger partial charge >= 0.3 is 0 Å². The van der Waals surface area contributed by atoms with E-state index in [0.717, 1.165) is 11.1 Å². The lowest BCUT2D eigenvalue weighted by atomic mass is 10.1. The van der Waals surface area contributed by atoms with Crippen molar-refractivity contribution in [1.82, 2.24) is 0 Å². The zero-order valence-corrected chi connectivity index (χ0v) is 16.6. The van der Waals surface area contributed by atoms with Gasteiger partial charge in [-0.05, 0) is 35.4 Å². The summed E-state index contributed by atoms with van der Waals surface area (Å²) in [5, 5.41) is 21.3. The van der Waals surface area contributed by atoms with E-state index in [1.165, 1.54) is 21.3 Å². The highest BCUT2D eigenvalue weighted by molar-refractivity contribution is 5.96. The molecule has 1 amide bonds. The lowest BCUT2D eigenvalue weighted by Crippen LogP contribution is -2.38. The molecule has 0 aliphatic heterocycles. The first-order chi connectivity index (χ1) is 14.0. The third-order valence-corrected chi connectivity index (χ3v) is 4.23. The Morgan fingerprint density at radius 2 is 1.72 bits per heavy atom. The summed E-state index contributed by atoms with van der Waals surface area (Å²) < 4.78 is 15.9. The van der Waals surface area contributed by atoms with Crippen LogP contribution < -0.4 is 25.3 Å². The summed E-state index contributed by atoms with van der Waals surface area (Å²) in [6.07, 6.45) is 3.68. The second kappa shape index (κ2) is 10.5. The molecular formula is C21H26N2O6. The van der Waals surface area contributed by atoms with Gasteiger partial charge < -0.3 is 35.5 Å². The van der Waals surface area contributed by atoms with Crippen LogP contribution in [0.2, 0.25) is 0 Å². The van der Waals surface area contributed by atoms with E-state index in [0.29, 0.717) is 28.5 Å². The van der Waals surface area contributed by atoms with Crippen LogP contribution >= 0.6 is 0 Å². The molecule has 0 saturated heterocycles. The van der Waals surface area contributed by atoms with Gasteiger partial charge in [0.25, 0.3) is 0 Å². The van der Waals surface area contributed by atoms with Gasteiger partial charge in [0.1, 0.15) is 11.8 Å². The van der Waals surface area contributed by atoms with Crippen LogP contribution in [0.5, 0.6) is 17.2 Å². The summed E-state index contributed by atoms with van der Waals surface area (Å²) in [7, 11) is 4.54. The van der Waals surface area contributed by atoms with Crippen LogP contribution in [0, 0.1) is 0 Å². The highest BCUT2D eigenvalue weighted by Crippen LogP contribution is 2.33. The first-order valence-electron chi connectivity index (χ1n) is 8.86. The Labute approximate surface area is 169 Å². The molecule has 8 nitrogen and oxygen atoms in total. The number of nitrogens with two attached hydrogens (primary N) is 1. The summed E-state index contributed by atoms with van der Waals surface area (Å²) in [4.78, 5) is 12.0. The number of methoxy groups -OCH3 is 3. The van der Waals surface area contributed by atoms with Crippen LogP contribution in [0.1, 0.15) is 16.7 Å². The molecule has 1 atom stereocenters. The van der Waals surface area contributed by atoms with Gasteiger partial charge in [-0.3, -0.25) is 4.79 Å². The maximum Gasteiger partial charge on any atom is 0.243 e. The predicted molar refractivity (Wildman–Crippen MR) is 111 cm³/mol. The number of hydrogen-bond acceptors (Lipinski definition) is 7. The molecule has 29 heavy (non-hydrogen) atoms. The molecule has 2 rings (SSSR count). The predicted octanol–water partition coefficient (Wildman–Crippen LogP) is 1.63. The molecule has 156 valence electrons. The van der Waals surface area contributed by atoms with Crippen molar-refractivity contribution in [1.29, 1.82) is 0 Å². The van der Waals surface area contributed by atoms with Crippen LogP contribution in [-0.4, -0.2) is 50.1 Å². The van der Waals surface area contributed by atoms with E-state index in [-0.39, 0.29) is 6.61 Å². The minimum atomic E-state index is -1.03. The number of aliphatic hydroxyl groups excluding tert-OH is 2. The highest BCUT2D eigenvalue weighted by atomic mass is 16.5. The summed E-state index contributed by atoms with van der Waals surface area (Å²) in [6, 6.07) is 7.83. The van der Waals surface area contributed by atoms with Crippen molar-refractivity contribution in [3.05, 3.63) is 47.0 Å². The number of aliphatic hydroxyl groups is 2. The van der Waals surface area contributed by atoms with E-state index in [4.69, 9.17) is 25.1 Å². The smallest absolute Gasteiger partial charge is 0.243 e. The van der Waals surface area contributed by atoms with Crippen molar-refractivity contribution in [2.45, 2.75) is 12.6 Å². The summed E-state index contributed by atoms with van der Waals surface area (Å²) in [6.45, 7) is -0.648. The summed E-state index contributed by atoms with van der Waals surface area (Å²) in [5.74, 6) is 0.954. The fourth-order valence-corrected chi connectivity index (χ4v) is 2.71. The minimum Gasteiger partial charge on any atom is -0.495 e. The Bertz CT molecular complexity index is 856. The van der Waals surface area contributed by atoms with E-state index in [9.17, 15) is 9.90 Å². The first kappa shape index (κ1) is 22.2. The molecule has 0 bridgehead atoms. The van der Waals surface area contributed by atoms with Gasteiger partial charge in [-0.25, -0.2) is 0 Å². The number of hydrogen-bond donors (Lipinski definition) is 4. The van der Waals surface area contributed by atoms with Gasteiger partial charge in [-0.1, -0.05) is 18.2 Å². The highest BCUT2D eigenvalue weighted by Gasteiger charge is 2.15. The molecule has 8 heteroatoms. The standard InChI is InChI=1S/C21H26N2O6/c1-27-18-7-6-13(9-17(18)23-21(26)16(22)12-25)4-5-14-8-15(11-24)20(29-3)19(10-14)28-2/h4-10,16,24-25H,11-12,22H2,1-3H3,(H,23,26)/b5-4-/t16-/m0/s1. The van der Waals surface area contributed by atoms with Gasteiger partial charge in [0.2, 0.25) is 5.91 Å². The zero-order valence-electron chi connectivity index (χ0n) is 16.6. The number of rotatable bonds is 9. The molecule has 5 N–H and O–H groups in total. The molecule has 0 heterocycles. The number of ether oxygens (including phenoxy) is 3. The molecule has 0 fully saturated rings. The van der Waals surface area contributed by atoms with E-state index < -0.39 is 18.6 Å². The Morgan fingerprint density at radius 1 is 1.03 bits per heavy atom. The van der Waals surface area contributed by atoms with Crippen LogP contribution in [0.25, 0.3) is 12.2 Å². The Balaban J connectivity index is 2.33. The molecule has 2 aromatic carbocycles. The van der Waals surface area contributed by atoms with Crippen molar-refractivity contribution < 1.29 is 29.2 Å². The normalized spacial score (nSPS) is 11.9. The van der Waals surface area contributed by atoms with Crippen LogP contribution in [0.4, 0.5) is 5.69 Å². The van der Waals surface area contributed by atoms with E-state index in [1.807, 2.05) is 18.2 Å². The van der Waals surface area contributed by atoms with Crippen LogP contribution in [-0.2, 0) is 11.4 Å². The number of anilines is 1.